The first-order valence-electron chi connectivity index (χ1n) is 6.66. The molecule has 2 nitrogen and oxygen atoms in total. The van der Waals surface area contributed by atoms with Gasteiger partial charge in [-0.25, -0.2) is 0 Å². The van der Waals surface area contributed by atoms with Crippen molar-refractivity contribution in [3.63, 3.8) is 0 Å². The molecule has 0 amide bonds. The lowest BCUT2D eigenvalue weighted by molar-refractivity contribution is 0.665. The quantitative estimate of drug-likeness (QED) is 0.707. The summed E-state index contributed by atoms with van der Waals surface area (Å²) in [5.41, 5.74) is 3.33. The molecule has 0 fully saturated rings. The van der Waals surface area contributed by atoms with Gasteiger partial charge in [0.2, 0.25) is 0 Å². The summed E-state index contributed by atoms with van der Waals surface area (Å²) in [4.78, 5) is 4.71. The SMILES string of the molecule is SNC(Cc1ccc2ccccc2n1)c1ccccc1. The number of benzene rings is 2. The number of hydrogen-bond donors (Lipinski definition) is 2. The first kappa shape index (κ1) is 13.2. The third-order valence-electron chi connectivity index (χ3n) is 3.43. The molecular formula is C17H16N2S. The van der Waals surface area contributed by atoms with E-state index in [2.05, 4.69) is 47.9 Å². The van der Waals surface area contributed by atoms with Gasteiger partial charge in [-0.05, 0) is 17.7 Å². The van der Waals surface area contributed by atoms with E-state index < -0.39 is 0 Å². The zero-order chi connectivity index (χ0) is 13.8. The summed E-state index contributed by atoms with van der Waals surface area (Å²) >= 11 is 4.25. The fraction of sp³-hybridized carbons (Fsp3) is 0.118. The monoisotopic (exact) mass is 280 g/mol. The molecule has 1 heterocycles. The molecule has 0 aliphatic carbocycles. The molecular weight excluding hydrogens is 264 g/mol. The van der Waals surface area contributed by atoms with Crippen molar-refractivity contribution in [3.8, 4) is 0 Å². The molecule has 2 aromatic carbocycles. The maximum absolute atomic E-state index is 4.71. The second kappa shape index (κ2) is 6.07. The van der Waals surface area contributed by atoms with Crippen LogP contribution >= 0.6 is 12.8 Å². The summed E-state index contributed by atoms with van der Waals surface area (Å²) in [5.74, 6) is 0. The van der Waals surface area contributed by atoms with Gasteiger partial charge in [-0.3, -0.25) is 9.71 Å². The summed E-state index contributed by atoms with van der Waals surface area (Å²) in [6.45, 7) is 0. The molecule has 1 unspecified atom stereocenters. The molecule has 0 bridgehead atoms. The molecule has 1 atom stereocenters. The van der Waals surface area contributed by atoms with E-state index in [1.165, 1.54) is 10.9 Å². The maximum Gasteiger partial charge on any atom is 0.0705 e. The van der Waals surface area contributed by atoms with Crippen LogP contribution in [-0.4, -0.2) is 4.98 Å². The molecule has 3 aromatic rings. The van der Waals surface area contributed by atoms with Crippen molar-refractivity contribution in [2.45, 2.75) is 12.5 Å². The van der Waals surface area contributed by atoms with Crippen molar-refractivity contribution >= 4 is 23.7 Å². The number of fused-ring (bicyclic) bond motifs is 1. The van der Waals surface area contributed by atoms with Crippen LogP contribution in [0.25, 0.3) is 10.9 Å². The Bertz CT molecular complexity index is 697. The highest BCUT2D eigenvalue weighted by Gasteiger charge is 2.11. The second-order valence-corrected chi connectivity index (χ2v) is 5.05. The van der Waals surface area contributed by atoms with Gasteiger partial charge in [0.1, 0.15) is 0 Å². The average molecular weight is 280 g/mol. The molecule has 100 valence electrons. The molecule has 0 radical (unpaired) electrons. The van der Waals surface area contributed by atoms with Crippen molar-refractivity contribution < 1.29 is 0 Å². The summed E-state index contributed by atoms with van der Waals surface area (Å²) in [7, 11) is 0. The van der Waals surface area contributed by atoms with E-state index in [1.54, 1.807) is 0 Å². The third-order valence-corrected chi connectivity index (χ3v) is 3.74. The van der Waals surface area contributed by atoms with Crippen molar-refractivity contribution in [1.29, 1.82) is 0 Å². The Balaban J connectivity index is 1.87. The lowest BCUT2D eigenvalue weighted by Gasteiger charge is -2.15. The third kappa shape index (κ3) is 2.84. The average Bonchev–Trinajstić information content (AvgIpc) is 2.53. The van der Waals surface area contributed by atoms with Crippen LogP contribution in [0.3, 0.4) is 0 Å². The van der Waals surface area contributed by atoms with Crippen LogP contribution in [0, 0.1) is 0 Å². The number of aromatic nitrogens is 1. The molecule has 0 saturated carbocycles. The predicted octanol–water partition coefficient (Wildman–Crippen LogP) is 3.95. The minimum atomic E-state index is 0.160. The minimum absolute atomic E-state index is 0.160. The minimum Gasteiger partial charge on any atom is -0.259 e. The van der Waals surface area contributed by atoms with Gasteiger partial charge in [-0.2, -0.15) is 0 Å². The van der Waals surface area contributed by atoms with E-state index in [4.69, 9.17) is 4.98 Å². The Labute approximate surface area is 124 Å². The Kier molecular flexibility index (Phi) is 4.00. The zero-order valence-corrected chi connectivity index (χ0v) is 11.9. The lowest BCUT2D eigenvalue weighted by Crippen LogP contribution is -2.15. The van der Waals surface area contributed by atoms with Crippen LogP contribution in [0.4, 0.5) is 0 Å². The number of hydrogen-bond acceptors (Lipinski definition) is 3. The van der Waals surface area contributed by atoms with Gasteiger partial charge >= 0.3 is 0 Å². The Morgan fingerprint density at radius 2 is 1.65 bits per heavy atom. The molecule has 0 spiro atoms. The fourth-order valence-corrected chi connectivity index (χ4v) is 2.59. The molecule has 0 aliphatic rings. The van der Waals surface area contributed by atoms with Crippen molar-refractivity contribution in [2.75, 3.05) is 0 Å². The van der Waals surface area contributed by atoms with Gasteiger partial charge in [0.25, 0.3) is 0 Å². The first-order chi connectivity index (χ1) is 9.86. The number of thiol groups is 1. The summed E-state index contributed by atoms with van der Waals surface area (Å²) in [6, 6.07) is 22.9. The lowest BCUT2D eigenvalue weighted by atomic mass is 10.0. The summed E-state index contributed by atoms with van der Waals surface area (Å²) in [5, 5.41) is 1.17. The van der Waals surface area contributed by atoms with Crippen molar-refractivity contribution in [2.24, 2.45) is 0 Å². The topological polar surface area (TPSA) is 24.9 Å². The highest BCUT2D eigenvalue weighted by molar-refractivity contribution is 7.78. The van der Waals surface area contributed by atoms with Crippen LogP contribution in [-0.2, 0) is 6.42 Å². The number of para-hydroxylation sites is 1. The molecule has 0 saturated heterocycles. The predicted molar refractivity (Wildman–Crippen MR) is 86.8 cm³/mol. The van der Waals surface area contributed by atoms with Gasteiger partial charge in [-0.15, -0.1) is 0 Å². The van der Waals surface area contributed by atoms with Gasteiger partial charge < -0.3 is 0 Å². The van der Waals surface area contributed by atoms with Gasteiger partial charge in [-0.1, -0.05) is 67.4 Å². The zero-order valence-electron chi connectivity index (χ0n) is 11.0. The van der Waals surface area contributed by atoms with Crippen LogP contribution in [0.5, 0.6) is 0 Å². The highest BCUT2D eigenvalue weighted by Crippen LogP contribution is 2.20. The fourth-order valence-electron chi connectivity index (χ4n) is 2.35. The highest BCUT2D eigenvalue weighted by atomic mass is 32.1. The van der Waals surface area contributed by atoms with Crippen molar-refractivity contribution in [1.82, 2.24) is 9.71 Å². The number of pyridine rings is 1. The molecule has 3 heteroatoms. The molecule has 3 rings (SSSR count). The Hall–Kier alpha value is -1.84. The summed E-state index contributed by atoms with van der Waals surface area (Å²) in [6.07, 6.45) is 0.818. The van der Waals surface area contributed by atoms with Crippen molar-refractivity contribution in [3.05, 3.63) is 78.0 Å². The molecule has 1 aromatic heterocycles. The number of nitrogens with zero attached hydrogens (tertiary/aromatic N) is 1. The van der Waals surface area contributed by atoms with Crippen LogP contribution < -0.4 is 4.72 Å². The number of nitrogens with one attached hydrogen (secondary N) is 1. The standard InChI is InChI=1S/C17H16N2S/c20-19-17(13-6-2-1-3-7-13)12-15-11-10-14-8-4-5-9-16(14)18-15/h1-11,17,19-20H,12H2. The maximum atomic E-state index is 4.71. The smallest absolute Gasteiger partial charge is 0.0705 e. The van der Waals surface area contributed by atoms with E-state index in [9.17, 15) is 0 Å². The normalized spacial score (nSPS) is 12.4. The Morgan fingerprint density at radius 3 is 2.45 bits per heavy atom. The molecule has 1 N–H and O–H groups in total. The van der Waals surface area contributed by atoms with Crippen LogP contribution in [0.2, 0.25) is 0 Å². The molecule has 20 heavy (non-hydrogen) atoms. The summed E-state index contributed by atoms with van der Waals surface area (Å²) < 4.78 is 3.07. The Morgan fingerprint density at radius 1 is 0.900 bits per heavy atom. The first-order valence-corrected chi connectivity index (χ1v) is 7.11. The van der Waals surface area contributed by atoms with Gasteiger partial charge in [0, 0.05) is 23.5 Å². The van der Waals surface area contributed by atoms with Crippen LogP contribution in [0.1, 0.15) is 17.3 Å². The number of rotatable bonds is 4. The van der Waals surface area contributed by atoms with E-state index >= 15 is 0 Å². The largest absolute Gasteiger partial charge is 0.259 e. The second-order valence-electron chi connectivity index (χ2n) is 4.79. The van der Waals surface area contributed by atoms with E-state index in [1.807, 2.05) is 36.4 Å². The van der Waals surface area contributed by atoms with Crippen LogP contribution in [0.15, 0.2) is 66.7 Å². The van der Waals surface area contributed by atoms with E-state index in [-0.39, 0.29) is 6.04 Å². The van der Waals surface area contributed by atoms with Gasteiger partial charge in [0.05, 0.1) is 5.52 Å². The van der Waals surface area contributed by atoms with Gasteiger partial charge in [0.15, 0.2) is 0 Å². The van der Waals surface area contributed by atoms with E-state index in [0.717, 1.165) is 17.6 Å². The molecule has 0 aliphatic heterocycles. The van der Waals surface area contributed by atoms with E-state index in [0.29, 0.717) is 0 Å².